The Bertz CT molecular complexity index is 1240. The number of rotatable bonds is 2. The monoisotopic (exact) mass is 428 g/mol. The smallest absolute Gasteiger partial charge is 0.101 e. The Labute approximate surface area is 185 Å². The molecule has 1 aliphatic rings. The minimum Gasteiger partial charge on any atom is -0.246 e. The quantitative estimate of drug-likeness (QED) is 0.308. The number of halogens is 2. The molecular formula is C26H18Cl2N2. The first kappa shape index (κ1) is 19.0. The molecule has 0 aromatic heterocycles. The van der Waals surface area contributed by atoms with Gasteiger partial charge in [0.25, 0.3) is 0 Å². The van der Waals surface area contributed by atoms with Gasteiger partial charge in [0.1, 0.15) is 5.69 Å². The molecule has 5 rings (SSSR count). The minimum absolute atomic E-state index is 0.518. The Morgan fingerprint density at radius 3 is 1.60 bits per heavy atom. The number of hydrogen-bond donors (Lipinski definition) is 0. The van der Waals surface area contributed by atoms with Crippen LogP contribution in [0.3, 0.4) is 0 Å². The zero-order valence-electron chi connectivity index (χ0n) is 16.6. The molecule has 0 spiro atoms. The van der Waals surface area contributed by atoms with Crippen LogP contribution in [0.25, 0.3) is 10.8 Å². The molecular weight excluding hydrogens is 411 g/mol. The molecule has 0 radical (unpaired) electrons. The van der Waals surface area contributed by atoms with Crippen LogP contribution in [-0.2, 0) is 0 Å². The van der Waals surface area contributed by atoms with E-state index in [9.17, 15) is 0 Å². The summed E-state index contributed by atoms with van der Waals surface area (Å²) in [4.78, 5) is 10.1. The minimum atomic E-state index is 0.518. The molecule has 0 saturated carbocycles. The maximum absolute atomic E-state index is 6.45. The maximum atomic E-state index is 6.45. The van der Waals surface area contributed by atoms with E-state index in [0.717, 1.165) is 50.1 Å². The Balaban J connectivity index is 1.85. The number of aryl methyl sites for hydroxylation is 2. The van der Waals surface area contributed by atoms with Crippen molar-refractivity contribution in [3.05, 3.63) is 105 Å². The molecule has 0 amide bonds. The standard InChI is InChI=1S/C26H18Cl2N2/c1-15-7-3-8-16(2)23(15)29-24-18-11-4-9-17-10-5-12-19(22(17)18)25(24)30-26-20(27)13-6-14-21(26)28/h3-14H,1-2H3/b29-24+,30-25+. The van der Waals surface area contributed by atoms with E-state index in [1.54, 1.807) is 12.1 Å². The second kappa shape index (κ2) is 7.39. The molecule has 0 fully saturated rings. The van der Waals surface area contributed by atoms with Crippen molar-refractivity contribution in [1.82, 2.24) is 0 Å². The average Bonchev–Trinajstić information content (AvgIpc) is 3.02. The summed E-state index contributed by atoms with van der Waals surface area (Å²) in [5.74, 6) is 0. The first-order valence-electron chi connectivity index (χ1n) is 9.75. The van der Waals surface area contributed by atoms with Gasteiger partial charge in [-0.15, -0.1) is 0 Å². The van der Waals surface area contributed by atoms with E-state index in [1.807, 2.05) is 12.1 Å². The fraction of sp³-hybridized carbons (Fsp3) is 0.0769. The first-order chi connectivity index (χ1) is 14.5. The van der Waals surface area contributed by atoms with Gasteiger partial charge in [0.15, 0.2) is 0 Å². The van der Waals surface area contributed by atoms with Crippen molar-refractivity contribution in [2.24, 2.45) is 9.98 Å². The maximum Gasteiger partial charge on any atom is 0.101 e. The van der Waals surface area contributed by atoms with Crippen molar-refractivity contribution in [3.8, 4) is 0 Å². The van der Waals surface area contributed by atoms with E-state index < -0.39 is 0 Å². The Hall–Kier alpha value is -2.94. The summed E-state index contributed by atoms with van der Waals surface area (Å²) in [6, 6.07) is 24.2. The summed E-state index contributed by atoms with van der Waals surface area (Å²) < 4.78 is 0. The van der Waals surface area contributed by atoms with Crippen LogP contribution in [0.1, 0.15) is 22.3 Å². The SMILES string of the molecule is Cc1cccc(C)c1/N=C1/C(=N/c2c(Cl)cccc2Cl)c2cccc3cccc1c23. The highest BCUT2D eigenvalue weighted by Crippen LogP contribution is 2.38. The van der Waals surface area contributed by atoms with Gasteiger partial charge in [0.2, 0.25) is 0 Å². The van der Waals surface area contributed by atoms with Crippen LogP contribution in [-0.4, -0.2) is 11.4 Å². The second-order valence-electron chi connectivity index (χ2n) is 7.44. The van der Waals surface area contributed by atoms with Gasteiger partial charge in [-0.1, -0.05) is 83.9 Å². The molecule has 4 aromatic carbocycles. The molecule has 0 heterocycles. The van der Waals surface area contributed by atoms with Gasteiger partial charge in [-0.05, 0) is 42.5 Å². The zero-order chi connectivity index (χ0) is 20.8. The van der Waals surface area contributed by atoms with Crippen molar-refractivity contribution in [2.45, 2.75) is 13.8 Å². The summed E-state index contributed by atoms with van der Waals surface area (Å²) in [5, 5.41) is 3.36. The van der Waals surface area contributed by atoms with E-state index in [1.165, 1.54) is 0 Å². The van der Waals surface area contributed by atoms with E-state index >= 15 is 0 Å². The summed E-state index contributed by atoms with van der Waals surface area (Å²) in [6.45, 7) is 4.16. The van der Waals surface area contributed by atoms with Crippen LogP contribution in [0.5, 0.6) is 0 Å². The highest BCUT2D eigenvalue weighted by Gasteiger charge is 2.28. The first-order valence-corrected chi connectivity index (χ1v) is 10.5. The highest BCUT2D eigenvalue weighted by atomic mass is 35.5. The van der Waals surface area contributed by atoms with E-state index in [0.29, 0.717) is 15.7 Å². The lowest BCUT2D eigenvalue weighted by atomic mass is 10.1. The number of hydrogen-bond acceptors (Lipinski definition) is 2. The Kier molecular flexibility index (Phi) is 4.69. The number of para-hydroxylation sites is 2. The fourth-order valence-electron chi connectivity index (χ4n) is 4.02. The summed E-state index contributed by atoms with van der Waals surface area (Å²) in [6.07, 6.45) is 0. The summed E-state index contributed by atoms with van der Waals surface area (Å²) >= 11 is 12.9. The number of nitrogens with zero attached hydrogens (tertiary/aromatic N) is 2. The van der Waals surface area contributed by atoms with Crippen LogP contribution in [0, 0.1) is 13.8 Å². The number of benzene rings is 4. The lowest BCUT2D eigenvalue weighted by Gasteiger charge is -2.09. The lowest BCUT2D eigenvalue weighted by molar-refractivity contribution is 1.33. The normalized spacial score (nSPS) is 15.5. The average molecular weight is 429 g/mol. The molecule has 30 heavy (non-hydrogen) atoms. The molecule has 1 aliphatic carbocycles. The summed E-state index contributed by atoms with van der Waals surface area (Å²) in [7, 11) is 0. The predicted octanol–water partition coefficient (Wildman–Crippen LogP) is 8.02. The van der Waals surface area contributed by atoms with Gasteiger partial charge in [-0.3, -0.25) is 0 Å². The molecule has 4 aromatic rings. The molecule has 0 N–H and O–H groups in total. The van der Waals surface area contributed by atoms with E-state index in [-0.39, 0.29) is 0 Å². The Morgan fingerprint density at radius 1 is 0.567 bits per heavy atom. The lowest BCUT2D eigenvalue weighted by Crippen LogP contribution is -2.10. The molecule has 146 valence electrons. The van der Waals surface area contributed by atoms with Gasteiger partial charge in [-0.2, -0.15) is 0 Å². The van der Waals surface area contributed by atoms with E-state index in [4.69, 9.17) is 33.2 Å². The molecule has 4 heteroatoms. The van der Waals surface area contributed by atoms with Gasteiger partial charge in [0, 0.05) is 16.5 Å². The Morgan fingerprint density at radius 2 is 1.03 bits per heavy atom. The van der Waals surface area contributed by atoms with Crippen molar-refractivity contribution >= 4 is 56.8 Å². The van der Waals surface area contributed by atoms with Crippen LogP contribution in [0.2, 0.25) is 10.0 Å². The second-order valence-corrected chi connectivity index (χ2v) is 8.26. The van der Waals surface area contributed by atoms with Crippen LogP contribution < -0.4 is 0 Å². The largest absolute Gasteiger partial charge is 0.246 e. The van der Waals surface area contributed by atoms with Gasteiger partial charge in [-0.25, -0.2) is 9.98 Å². The van der Waals surface area contributed by atoms with Crippen molar-refractivity contribution in [1.29, 1.82) is 0 Å². The van der Waals surface area contributed by atoms with Crippen LogP contribution in [0.4, 0.5) is 11.4 Å². The molecule has 0 unspecified atom stereocenters. The third kappa shape index (κ3) is 3.04. The molecule has 2 nitrogen and oxygen atoms in total. The van der Waals surface area contributed by atoms with Crippen LogP contribution in [0.15, 0.2) is 82.8 Å². The fourth-order valence-corrected chi connectivity index (χ4v) is 4.50. The predicted molar refractivity (Wildman–Crippen MR) is 129 cm³/mol. The summed E-state index contributed by atoms with van der Waals surface area (Å²) in [5.41, 5.74) is 7.54. The molecule has 0 atom stereocenters. The van der Waals surface area contributed by atoms with Crippen molar-refractivity contribution < 1.29 is 0 Å². The highest BCUT2D eigenvalue weighted by molar-refractivity contribution is 6.61. The van der Waals surface area contributed by atoms with Gasteiger partial charge < -0.3 is 0 Å². The van der Waals surface area contributed by atoms with E-state index in [2.05, 4.69) is 62.4 Å². The topological polar surface area (TPSA) is 24.7 Å². The molecule has 0 bridgehead atoms. The van der Waals surface area contributed by atoms with Crippen LogP contribution >= 0.6 is 23.2 Å². The molecule has 0 aliphatic heterocycles. The zero-order valence-corrected chi connectivity index (χ0v) is 18.1. The third-order valence-electron chi connectivity index (χ3n) is 5.46. The molecule has 0 saturated heterocycles. The van der Waals surface area contributed by atoms with Gasteiger partial charge in [0.05, 0.1) is 27.2 Å². The third-order valence-corrected chi connectivity index (χ3v) is 6.07. The van der Waals surface area contributed by atoms with Crippen molar-refractivity contribution in [3.63, 3.8) is 0 Å². The van der Waals surface area contributed by atoms with Crippen molar-refractivity contribution in [2.75, 3.05) is 0 Å². The van der Waals surface area contributed by atoms with Gasteiger partial charge >= 0.3 is 0 Å². The number of aliphatic imine (C=N–C) groups is 2.